The highest BCUT2D eigenvalue weighted by atomic mass is 79.9. The van der Waals surface area contributed by atoms with Crippen molar-refractivity contribution in [1.82, 2.24) is 0 Å². The van der Waals surface area contributed by atoms with E-state index < -0.39 is 12.5 Å². The van der Waals surface area contributed by atoms with Gasteiger partial charge in [-0.25, -0.2) is 0 Å². The fourth-order valence-electron chi connectivity index (χ4n) is 1.30. The molecule has 0 aliphatic rings. The molecule has 0 radical (unpaired) electrons. The zero-order chi connectivity index (χ0) is 10.9. The van der Waals surface area contributed by atoms with E-state index in [0.717, 1.165) is 5.56 Å². The van der Waals surface area contributed by atoms with Gasteiger partial charge >= 0.3 is 0 Å². The summed E-state index contributed by atoms with van der Waals surface area (Å²) in [5, 5.41) is 8.57. The molecule has 0 unspecified atom stereocenters. The molecular weight excluding hydrogens is 254 g/mol. The third-order valence-electron chi connectivity index (χ3n) is 2.17. The van der Waals surface area contributed by atoms with Gasteiger partial charge in [0.2, 0.25) is 0 Å². The highest BCUT2D eigenvalue weighted by molar-refractivity contribution is 9.10. The Morgan fingerprint density at radius 2 is 1.93 bits per heavy atom. The second kappa shape index (κ2) is 3.95. The van der Waals surface area contributed by atoms with Gasteiger partial charge in [0.05, 0.1) is 0 Å². The van der Waals surface area contributed by atoms with Crippen molar-refractivity contribution in [1.29, 1.82) is 0 Å². The predicted molar refractivity (Wildman–Crippen MR) is 54.6 cm³/mol. The normalized spacial score (nSPS) is 11.9. The second-order valence-corrected chi connectivity index (χ2v) is 4.02. The highest BCUT2D eigenvalue weighted by Crippen LogP contribution is 2.34. The summed E-state index contributed by atoms with van der Waals surface area (Å²) < 4.78 is 27.0. The molecule has 0 aromatic heterocycles. The Morgan fingerprint density at radius 3 is 2.43 bits per heavy atom. The second-order valence-electron chi connectivity index (χ2n) is 3.23. The van der Waals surface area contributed by atoms with E-state index in [4.69, 9.17) is 5.11 Å². The van der Waals surface area contributed by atoms with Gasteiger partial charge in [0.15, 0.2) is 0 Å². The molecule has 0 spiro atoms. The van der Waals surface area contributed by atoms with Gasteiger partial charge in [0.1, 0.15) is 6.61 Å². The van der Waals surface area contributed by atoms with Gasteiger partial charge in [-0.3, -0.25) is 0 Å². The number of hydrogen-bond donors (Lipinski definition) is 1. The van der Waals surface area contributed by atoms with Crippen molar-refractivity contribution < 1.29 is 13.9 Å². The van der Waals surface area contributed by atoms with Crippen LogP contribution in [0.1, 0.15) is 16.7 Å². The third-order valence-corrected chi connectivity index (χ3v) is 3.39. The lowest BCUT2D eigenvalue weighted by atomic mass is 10.0. The van der Waals surface area contributed by atoms with E-state index in [0.29, 0.717) is 10.0 Å². The molecule has 14 heavy (non-hydrogen) atoms. The summed E-state index contributed by atoms with van der Waals surface area (Å²) in [6.45, 7) is 2.28. The average molecular weight is 265 g/mol. The lowest BCUT2D eigenvalue weighted by molar-refractivity contribution is -0.0561. The van der Waals surface area contributed by atoms with E-state index in [2.05, 4.69) is 15.9 Å². The number of halogens is 3. The number of aryl methyl sites for hydroxylation is 1. The van der Waals surface area contributed by atoms with E-state index in [1.165, 1.54) is 6.07 Å². The van der Waals surface area contributed by atoms with Crippen molar-refractivity contribution in [3.63, 3.8) is 0 Å². The van der Waals surface area contributed by atoms with Crippen LogP contribution in [0.15, 0.2) is 16.6 Å². The molecule has 0 heterocycles. The highest BCUT2D eigenvalue weighted by Gasteiger charge is 2.32. The molecule has 0 saturated heterocycles. The molecule has 0 aliphatic carbocycles. The van der Waals surface area contributed by atoms with Gasteiger partial charge in [0.25, 0.3) is 5.92 Å². The van der Waals surface area contributed by atoms with Crippen LogP contribution in [0.25, 0.3) is 0 Å². The summed E-state index contributed by atoms with van der Waals surface area (Å²) in [5.41, 5.74) is 1.25. The van der Waals surface area contributed by atoms with Crippen LogP contribution in [0, 0.1) is 13.8 Å². The fourth-order valence-corrected chi connectivity index (χ4v) is 1.65. The Kier molecular flexibility index (Phi) is 3.27. The lowest BCUT2D eigenvalue weighted by Gasteiger charge is -2.17. The van der Waals surface area contributed by atoms with Crippen LogP contribution in [0.5, 0.6) is 0 Å². The minimum Gasteiger partial charge on any atom is -0.390 e. The number of rotatable bonds is 2. The number of aliphatic hydroxyl groups excluding tert-OH is 1. The molecule has 0 atom stereocenters. The molecule has 0 aliphatic heterocycles. The van der Waals surface area contributed by atoms with E-state index in [-0.39, 0.29) is 5.56 Å². The van der Waals surface area contributed by atoms with Gasteiger partial charge in [-0.15, -0.1) is 0 Å². The Labute approximate surface area is 89.9 Å². The van der Waals surface area contributed by atoms with Gasteiger partial charge in [-0.1, -0.05) is 28.1 Å². The first-order valence-electron chi connectivity index (χ1n) is 4.15. The Balaban J connectivity index is 3.31. The van der Waals surface area contributed by atoms with Crippen molar-refractivity contribution >= 4 is 15.9 Å². The van der Waals surface area contributed by atoms with Crippen LogP contribution in [-0.4, -0.2) is 11.7 Å². The molecule has 0 amide bonds. The van der Waals surface area contributed by atoms with Crippen molar-refractivity contribution in [3.8, 4) is 0 Å². The molecule has 0 fully saturated rings. The first-order chi connectivity index (χ1) is 6.40. The average Bonchev–Trinajstić information content (AvgIpc) is 2.14. The van der Waals surface area contributed by atoms with Crippen LogP contribution >= 0.6 is 15.9 Å². The third kappa shape index (κ3) is 1.96. The van der Waals surface area contributed by atoms with Gasteiger partial charge in [-0.05, 0) is 25.0 Å². The van der Waals surface area contributed by atoms with Crippen LogP contribution in [0.2, 0.25) is 0 Å². The Morgan fingerprint density at radius 1 is 1.36 bits per heavy atom. The molecule has 1 nitrogen and oxygen atoms in total. The number of benzene rings is 1. The smallest absolute Gasteiger partial charge is 0.296 e. The maximum absolute atomic E-state index is 13.2. The molecule has 0 bridgehead atoms. The number of alkyl halides is 2. The first kappa shape index (κ1) is 11.6. The van der Waals surface area contributed by atoms with Crippen molar-refractivity contribution in [2.45, 2.75) is 19.8 Å². The quantitative estimate of drug-likeness (QED) is 0.870. The number of aliphatic hydroxyl groups is 1. The Hall–Kier alpha value is -0.480. The van der Waals surface area contributed by atoms with Crippen LogP contribution in [0.3, 0.4) is 0 Å². The van der Waals surface area contributed by atoms with E-state index in [9.17, 15) is 8.78 Å². The van der Waals surface area contributed by atoms with Crippen molar-refractivity contribution in [2.24, 2.45) is 0 Å². The van der Waals surface area contributed by atoms with Gasteiger partial charge < -0.3 is 5.11 Å². The number of hydrogen-bond acceptors (Lipinski definition) is 1. The molecule has 4 heteroatoms. The van der Waals surface area contributed by atoms with E-state index >= 15 is 0 Å². The van der Waals surface area contributed by atoms with Crippen LogP contribution in [-0.2, 0) is 5.92 Å². The molecule has 1 aromatic carbocycles. The molecular formula is C10H11BrF2O. The maximum atomic E-state index is 13.2. The summed E-state index contributed by atoms with van der Waals surface area (Å²) >= 11 is 3.24. The maximum Gasteiger partial charge on any atom is 0.296 e. The summed E-state index contributed by atoms with van der Waals surface area (Å²) in [4.78, 5) is 0. The Bertz CT molecular complexity index is 350. The SMILES string of the molecule is Cc1ccc(C(F)(F)CO)c(C)c1Br. The summed E-state index contributed by atoms with van der Waals surface area (Å²) in [6, 6.07) is 2.96. The van der Waals surface area contributed by atoms with Crippen LogP contribution < -0.4 is 0 Å². The van der Waals surface area contributed by atoms with E-state index in [1.807, 2.05) is 6.92 Å². The van der Waals surface area contributed by atoms with Gasteiger partial charge in [-0.2, -0.15) is 8.78 Å². The minimum atomic E-state index is -3.17. The molecule has 1 aromatic rings. The monoisotopic (exact) mass is 264 g/mol. The summed E-state index contributed by atoms with van der Waals surface area (Å²) in [6.07, 6.45) is 0. The van der Waals surface area contributed by atoms with Crippen molar-refractivity contribution in [3.05, 3.63) is 33.3 Å². The van der Waals surface area contributed by atoms with Gasteiger partial charge in [0, 0.05) is 10.0 Å². The standard InChI is InChI=1S/C10H11BrF2O/c1-6-3-4-8(7(2)9(6)11)10(12,13)5-14/h3-4,14H,5H2,1-2H3. The predicted octanol–water partition coefficient (Wildman–Crippen LogP) is 3.15. The molecule has 1 N–H and O–H groups in total. The largest absolute Gasteiger partial charge is 0.390 e. The fraction of sp³-hybridized carbons (Fsp3) is 0.400. The summed E-state index contributed by atoms with van der Waals surface area (Å²) in [5.74, 6) is -3.17. The minimum absolute atomic E-state index is 0.127. The first-order valence-corrected chi connectivity index (χ1v) is 4.94. The summed E-state index contributed by atoms with van der Waals surface area (Å²) in [7, 11) is 0. The lowest BCUT2D eigenvalue weighted by Crippen LogP contribution is -2.20. The van der Waals surface area contributed by atoms with Crippen LogP contribution in [0.4, 0.5) is 8.78 Å². The topological polar surface area (TPSA) is 20.2 Å². The zero-order valence-electron chi connectivity index (χ0n) is 7.94. The van der Waals surface area contributed by atoms with Crippen molar-refractivity contribution in [2.75, 3.05) is 6.61 Å². The van der Waals surface area contributed by atoms with E-state index in [1.54, 1.807) is 13.0 Å². The molecule has 1 rings (SSSR count). The molecule has 0 saturated carbocycles. The zero-order valence-corrected chi connectivity index (χ0v) is 9.53. The molecule has 78 valence electrons.